The second kappa shape index (κ2) is 4.96. The lowest BCUT2D eigenvalue weighted by Crippen LogP contribution is -2.35. The summed E-state index contributed by atoms with van der Waals surface area (Å²) in [6, 6.07) is 6.15. The van der Waals surface area contributed by atoms with E-state index in [1.807, 2.05) is 0 Å². The molecule has 0 spiro atoms. The van der Waals surface area contributed by atoms with E-state index in [2.05, 4.69) is 5.32 Å². The van der Waals surface area contributed by atoms with Crippen LogP contribution in [-0.2, 0) is 9.53 Å². The van der Waals surface area contributed by atoms with Gasteiger partial charge in [-0.15, -0.1) is 0 Å². The summed E-state index contributed by atoms with van der Waals surface area (Å²) < 4.78 is 18.0. The molecule has 1 aromatic rings. The van der Waals surface area contributed by atoms with Gasteiger partial charge in [0.05, 0.1) is 6.54 Å². The number of hydrogen-bond acceptors (Lipinski definition) is 3. The minimum Gasteiger partial charge on any atom is -0.458 e. The van der Waals surface area contributed by atoms with Crippen LogP contribution in [0.25, 0.3) is 0 Å². The zero-order chi connectivity index (χ0) is 12.2. The normalized spacial score (nSPS) is 11.0. The standard InChI is InChI=1S/C12H16FNO2/c1-9(15)16-12(2,3)8-14-11-6-4-5-10(13)7-11/h4-7,14H,8H2,1-3H3. The van der Waals surface area contributed by atoms with Gasteiger partial charge in [-0.25, -0.2) is 4.39 Å². The minimum absolute atomic E-state index is 0.296. The average Bonchev–Trinajstić information content (AvgIpc) is 2.13. The summed E-state index contributed by atoms with van der Waals surface area (Å²) in [7, 11) is 0. The molecule has 0 aromatic heterocycles. The number of carbonyl (C=O) groups is 1. The van der Waals surface area contributed by atoms with Crippen molar-refractivity contribution in [2.45, 2.75) is 26.4 Å². The molecule has 0 saturated heterocycles. The van der Waals surface area contributed by atoms with Crippen LogP contribution in [0, 0.1) is 5.82 Å². The van der Waals surface area contributed by atoms with Crippen molar-refractivity contribution in [1.29, 1.82) is 0 Å². The highest BCUT2D eigenvalue weighted by atomic mass is 19.1. The molecule has 4 heteroatoms. The van der Waals surface area contributed by atoms with E-state index in [9.17, 15) is 9.18 Å². The highest BCUT2D eigenvalue weighted by molar-refractivity contribution is 5.66. The molecule has 0 bridgehead atoms. The second-order valence-electron chi connectivity index (χ2n) is 4.22. The SMILES string of the molecule is CC(=O)OC(C)(C)CNc1cccc(F)c1. The maximum atomic E-state index is 12.9. The summed E-state index contributed by atoms with van der Waals surface area (Å²) in [4.78, 5) is 10.8. The maximum Gasteiger partial charge on any atom is 0.303 e. The third-order valence-electron chi connectivity index (χ3n) is 1.96. The zero-order valence-corrected chi connectivity index (χ0v) is 9.71. The first kappa shape index (κ1) is 12.5. The van der Waals surface area contributed by atoms with Crippen molar-refractivity contribution in [2.24, 2.45) is 0 Å². The Morgan fingerprint density at radius 3 is 2.75 bits per heavy atom. The summed E-state index contributed by atoms with van der Waals surface area (Å²) >= 11 is 0. The van der Waals surface area contributed by atoms with Crippen LogP contribution in [0.4, 0.5) is 10.1 Å². The third-order valence-corrected chi connectivity index (χ3v) is 1.96. The first-order chi connectivity index (χ1) is 7.39. The minimum atomic E-state index is -0.613. The van der Waals surface area contributed by atoms with Gasteiger partial charge in [-0.2, -0.15) is 0 Å². The van der Waals surface area contributed by atoms with Crippen LogP contribution < -0.4 is 5.32 Å². The molecule has 0 fully saturated rings. The van der Waals surface area contributed by atoms with Crippen molar-refractivity contribution >= 4 is 11.7 Å². The quantitative estimate of drug-likeness (QED) is 0.800. The topological polar surface area (TPSA) is 38.3 Å². The lowest BCUT2D eigenvalue weighted by molar-refractivity contribution is -0.152. The molecule has 0 heterocycles. The van der Waals surface area contributed by atoms with Crippen LogP contribution in [0.1, 0.15) is 20.8 Å². The van der Waals surface area contributed by atoms with Crippen LogP contribution in [0.15, 0.2) is 24.3 Å². The van der Waals surface area contributed by atoms with E-state index in [1.54, 1.807) is 26.0 Å². The molecule has 0 aliphatic rings. The number of ether oxygens (including phenoxy) is 1. The molecule has 0 atom stereocenters. The molecule has 3 nitrogen and oxygen atoms in total. The van der Waals surface area contributed by atoms with Gasteiger partial charge in [0.2, 0.25) is 0 Å². The smallest absolute Gasteiger partial charge is 0.303 e. The van der Waals surface area contributed by atoms with Gasteiger partial charge in [0, 0.05) is 12.6 Å². The highest BCUT2D eigenvalue weighted by Crippen LogP contribution is 2.14. The van der Waals surface area contributed by atoms with Crippen molar-refractivity contribution in [1.82, 2.24) is 0 Å². The molecule has 0 aliphatic heterocycles. The molecule has 16 heavy (non-hydrogen) atoms. The number of benzene rings is 1. The first-order valence-electron chi connectivity index (χ1n) is 5.08. The summed E-state index contributed by atoms with van der Waals surface area (Å²) in [5.74, 6) is -0.624. The van der Waals surface area contributed by atoms with Gasteiger partial charge in [0.15, 0.2) is 0 Å². The van der Waals surface area contributed by atoms with Gasteiger partial charge < -0.3 is 10.1 Å². The van der Waals surface area contributed by atoms with E-state index in [4.69, 9.17) is 4.74 Å². The van der Waals surface area contributed by atoms with Crippen LogP contribution >= 0.6 is 0 Å². The lowest BCUT2D eigenvalue weighted by Gasteiger charge is -2.25. The lowest BCUT2D eigenvalue weighted by atomic mass is 10.1. The molecule has 88 valence electrons. The van der Waals surface area contributed by atoms with Crippen LogP contribution in [-0.4, -0.2) is 18.1 Å². The predicted molar refractivity (Wildman–Crippen MR) is 60.7 cm³/mol. The van der Waals surface area contributed by atoms with Gasteiger partial charge in [-0.1, -0.05) is 6.07 Å². The third kappa shape index (κ3) is 4.29. The Morgan fingerprint density at radius 2 is 2.19 bits per heavy atom. The Balaban J connectivity index is 2.54. The van der Waals surface area contributed by atoms with Crippen LogP contribution in [0.3, 0.4) is 0 Å². The fourth-order valence-corrected chi connectivity index (χ4v) is 1.34. The Morgan fingerprint density at radius 1 is 1.50 bits per heavy atom. The van der Waals surface area contributed by atoms with E-state index >= 15 is 0 Å². The molecule has 1 rings (SSSR count). The summed E-state index contributed by atoms with van der Waals surface area (Å²) in [5.41, 5.74) is 0.0539. The number of rotatable bonds is 4. The van der Waals surface area contributed by atoms with Crippen molar-refractivity contribution in [3.05, 3.63) is 30.1 Å². The average molecular weight is 225 g/mol. The molecular formula is C12H16FNO2. The molecular weight excluding hydrogens is 209 g/mol. The molecule has 1 N–H and O–H groups in total. The number of hydrogen-bond donors (Lipinski definition) is 1. The summed E-state index contributed by atoms with van der Waals surface area (Å²) in [6.45, 7) is 5.38. The summed E-state index contributed by atoms with van der Waals surface area (Å²) in [5, 5.41) is 3.01. The molecule has 0 saturated carbocycles. The van der Waals surface area contributed by atoms with Crippen molar-refractivity contribution < 1.29 is 13.9 Å². The first-order valence-corrected chi connectivity index (χ1v) is 5.08. The number of esters is 1. The molecule has 0 unspecified atom stereocenters. The predicted octanol–water partition coefficient (Wildman–Crippen LogP) is 2.58. The zero-order valence-electron chi connectivity index (χ0n) is 9.71. The van der Waals surface area contributed by atoms with Crippen molar-refractivity contribution in [3.63, 3.8) is 0 Å². The molecule has 0 aliphatic carbocycles. The Labute approximate surface area is 94.6 Å². The largest absolute Gasteiger partial charge is 0.458 e. The number of carbonyl (C=O) groups excluding carboxylic acids is 1. The van der Waals surface area contributed by atoms with E-state index in [0.717, 1.165) is 0 Å². The fraction of sp³-hybridized carbons (Fsp3) is 0.417. The van der Waals surface area contributed by atoms with E-state index in [1.165, 1.54) is 19.1 Å². The molecule has 0 amide bonds. The second-order valence-corrected chi connectivity index (χ2v) is 4.22. The summed E-state index contributed by atoms with van der Waals surface area (Å²) in [6.07, 6.45) is 0. The Hall–Kier alpha value is -1.58. The Kier molecular flexibility index (Phi) is 3.88. The maximum absolute atomic E-state index is 12.9. The number of anilines is 1. The van der Waals surface area contributed by atoms with Crippen LogP contribution in [0.5, 0.6) is 0 Å². The van der Waals surface area contributed by atoms with Gasteiger partial charge >= 0.3 is 5.97 Å². The monoisotopic (exact) mass is 225 g/mol. The number of nitrogens with one attached hydrogen (secondary N) is 1. The van der Waals surface area contributed by atoms with E-state index in [0.29, 0.717) is 12.2 Å². The highest BCUT2D eigenvalue weighted by Gasteiger charge is 2.20. The van der Waals surface area contributed by atoms with E-state index < -0.39 is 5.60 Å². The van der Waals surface area contributed by atoms with Gasteiger partial charge in [-0.05, 0) is 32.0 Å². The Bertz CT molecular complexity index is 377. The van der Waals surface area contributed by atoms with Gasteiger partial charge in [0.1, 0.15) is 11.4 Å². The molecule has 0 radical (unpaired) electrons. The fourth-order valence-electron chi connectivity index (χ4n) is 1.34. The van der Waals surface area contributed by atoms with Crippen molar-refractivity contribution in [3.8, 4) is 0 Å². The van der Waals surface area contributed by atoms with Crippen LogP contribution in [0.2, 0.25) is 0 Å². The van der Waals surface area contributed by atoms with Gasteiger partial charge in [0.25, 0.3) is 0 Å². The van der Waals surface area contributed by atoms with Crippen molar-refractivity contribution in [2.75, 3.05) is 11.9 Å². The molecule has 1 aromatic carbocycles. The van der Waals surface area contributed by atoms with E-state index in [-0.39, 0.29) is 11.8 Å². The number of halogens is 1. The van der Waals surface area contributed by atoms with Gasteiger partial charge in [-0.3, -0.25) is 4.79 Å².